The topological polar surface area (TPSA) is 88.8 Å². The number of aromatic nitrogens is 5. The molecule has 4 rings (SSSR count). The van der Waals surface area contributed by atoms with E-state index in [2.05, 4.69) is 25.5 Å². The van der Waals surface area contributed by atoms with Crippen LogP contribution in [-0.4, -0.2) is 42.4 Å². The molecular weight excluding hydrogens is 342 g/mol. The van der Waals surface area contributed by atoms with Crippen molar-refractivity contribution in [3.8, 4) is 5.82 Å². The van der Waals surface area contributed by atoms with Crippen LogP contribution in [0.5, 0.6) is 0 Å². The van der Waals surface area contributed by atoms with Gasteiger partial charge < -0.3 is 10.2 Å². The van der Waals surface area contributed by atoms with Gasteiger partial charge in [0.15, 0.2) is 5.82 Å². The van der Waals surface area contributed by atoms with Gasteiger partial charge >= 0.3 is 6.03 Å². The van der Waals surface area contributed by atoms with Crippen LogP contribution in [0.15, 0.2) is 49.1 Å². The fourth-order valence-electron chi connectivity index (χ4n) is 2.76. The highest BCUT2D eigenvalue weighted by molar-refractivity contribution is 5.89. The molecule has 0 unspecified atom stereocenters. The highest BCUT2D eigenvalue weighted by Crippen LogP contribution is 2.30. The first-order chi connectivity index (χ1) is 13.2. The van der Waals surface area contributed by atoms with Crippen molar-refractivity contribution in [2.24, 2.45) is 5.92 Å². The Morgan fingerprint density at radius 3 is 2.59 bits per heavy atom. The summed E-state index contributed by atoms with van der Waals surface area (Å²) in [6.07, 6.45) is 8.99. The average molecular weight is 363 g/mol. The van der Waals surface area contributed by atoms with E-state index in [1.54, 1.807) is 30.7 Å². The number of hydrogen-bond donors (Lipinski definition) is 1. The highest BCUT2D eigenvalue weighted by atomic mass is 16.2. The van der Waals surface area contributed by atoms with E-state index in [9.17, 15) is 4.79 Å². The minimum Gasteiger partial charge on any atom is -0.320 e. The van der Waals surface area contributed by atoms with E-state index in [1.165, 1.54) is 17.6 Å². The van der Waals surface area contributed by atoms with Gasteiger partial charge in [0.25, 0.3) is 0 Å². The van der Waals surface area contributed by atoms with Gasteiger partial charge in [0.1, 0.15) is 0 Å². The third-order valence-corrected chi connectivity index (χ3v) is 4.43. The van der Waals surface area contributed by atoms with E-state index in [0.29, 0.717) is 24.0 Å². The molecule has 1 saturated carbocycles. The quantitative estimate of drug-likeness (QED) is 0.727. The Balaban J connectivity index is 1.43. The first kappa shape index (κ1) is 17.1. The molecule has 27 heavy (non-hydrogen) atoms. The minimum atomic E-state index is -0.130. The zero-order valence-corrected chi connectivity index (χ0v) is 15.1. The zero-order chi connectivity index (χ0) is 18.6. The van der Waals surface area contributed by atoms with Gasteiger partial charge in [-0.1, -0.05) is 6.07 Å². The van der Waals surface area contributed by atoms with Crippen LogP contribution in [0.4, 0.5) is 10.5 Å². The molecule has 3 heterocycles. The average Bonchev–Trinajstić information content (AvgIpc) is 3.33. The van der Waals surface area contributed by atoms with Crippen molar-refractivity contribution in [1.29, 1.82) is 0 Å². The summed E-state index contributed by atoms with van der Waals surface area (Å²) in [6, 6.07) is 7.42. The van der Waals surface area contributed by atoms with Crippen LogP contribution in [-0.2, 0) is 6.54 Å². The lowest BCUT2D eigenvalue weighted by Crippen LogP contribution is -2.36. The normalized spacial score (nSPS) is 13.4. The fraction of sp³-hybridized carbons (Fsp3) is 0.316. The number of carbonyl (C=O) groups is 1. The van der Waals surface area contributed by atoms with Crippen molar-refractivity contribution < 1.29 is 4.79 Å². The monoisotopic (exact) mass is 363 g/mol. The third kappa shape index (κ3) is 4.46. The van der Waals surface area contributed by atoms with Crippen LogP contribution in [0, 0.1) is 12.8 Å². The van der Waals surface area contributed by atoms with E-state index in [0.717, 1.165) is 17.8 Å². The smallest absolute Gasteiger partial charge is 0.320 e. The first-order valence-electron chi connectivity index (χ1n) is 8.97. The number of pyridine rings is 2. The van der Waals surface area contributed by atoms with Gasteiger partial charge in [-0.05, 0) is 49.4 Å². The molecule has 8 nitrogen and oxygen atoms in total. The molecule has 2 amide bonds. The second-order valence-electron chi connectivity index (χ2n) is 6.79. The van der Waals surface area contributed by atoms with Gasteiger partial charge in [0, 0.05) is 25.0 Å². The molecule has 0 spiro atoms. The van der Waals surface area contributed by atoms with Gasteiger partial charge in [-0.15, -0.1) is 4.80 Å². The van der Waals surface area contributed by atoms with E-state index in [4.69, 9.17) is 0 Å². The zero-order valence-electron chi connectivity index (χ0n) is 15.1. The maximum atomic E-state index is 12.8. The first-order valence-corrected chi connectivity index (χ1v) is 8.97. The number of carbonyl (C=O) groups excluding carboxylic acids is 1. The minimum absolute atomic E-state index is 0.130. The molecule has 0 radical (unpaired) electrons. The molecule has 1 fully saturated rings. The number of aryl methyl sites for hydroxylation is 1. The van der Waals surface area contributed by atoms with E-state index in [1.807, 2.05) is 30.2 Å². The van der Waals surface area contributed by atoms with Crippen LogP contribution in [0.2, 0.25) is 0 Å². The summed E-state index contributed by atoms with van der Waals surface area (Å²) in [5.41, 5.74) is 2.63. The van der Waals surface area contributed by atoms with E-state index in [-0.39, 0.29) is 6.03 Å². The number of urea groups is 1. The van der Waals surface area contributed by atoms with Crippen LogP contribution in [0.25, 0.3) is 5.82 Å². The Morgan fingerprint density at radius 2 is 1.96 bits per heavy atom. The second kappa shape index (κ2) is 7.53. The predicted octanol–water partition coefficient (Wildman–Crippen LogP) is 2.81. The van der Waals surface area contributed by atoms with Crippen molar-refractivity contribution in [2.45, 2.75) is 26.3 Å². The summed E-state index contributed by atoms with van der Waals surface area (Å²) in [5, 5.41) is 11.0. The molecule has 3 aromatic rings. The maximum absolute atomic E-state index is 12.8. The third-order valence-electron chi connectivity index (χ3n) is 4.43. The van der Waals surface area contributed by atoms with Crippen molar-refractivity contribution in [3.05, 3.63) is 60.3 Å². The standard InChI is InChI=1S/C19H21N7O/c1-14-2-3-16(10-20-14)13-25(12-15-4-5-15)19(27)24-17-6-7-18(21-11-17)26-22-8-9-23-26/h2-3,6-11,15H,4-5,12-13H2,1H3,(H,24,27). The molecule has 0 bridgehead atoms. The molecular formula is C19H21N7O. The largest absolute Gasteiger partial charge is 0.322 e. The molecule has 0 aliphatic heterocycles. The van der Waals surface area contributed by atoms with Crippen molar-refractivity contribution in [3.63, 3.8) is 0 Å². The predicted molar refractivity (Wildman–Crippen MR) is 100 cm³/mol. The van der Waals surface area contributed by atoms with Gasteiger partial charge in [-0.25, -0.2) is 9.78 Å². The lowest BCUT2D eigenvalue weighted by Gasteiger charge is -2.23. The Bertz CT molecular complexity index is 887. The van der Waals surface area contributed by atoms with E-state index < -0.39 is 0 Å². The number of nitrogens with one attached hydrogen (secondary N) is 1. The van der Waals surface area contributed by atoms with Gasteiger partial charge in [0.2, 0.25) is 0 Å². The van der Waals surface area contributed by atoms with Gasteiger partial charge in [0.05, 0.1) is 24.3 Å². The van der Waals surface area contributed by atoms with Crippen molar-refractivity contribution in [2.75, 3.05) is 11.9 Å². The van der Waals surface area contributed by atoms with Crippen LogP contribution >= 0.6 is 0 Å². The Labute approximate surface area is 157 Å². The lowest BCUT2D eigenvalue weighted by molar-refractivity contribution is 0.206. The SMILES string of the molecule is Cc1ccc(CN(CC2CC2)C(=O)Nc2ccc(-n3nccn3)nc2)cn1. The lowest BCUT2D eigenvalue weighted by atomic mass is 10.2. The molecule has 1 aliphatic carbocycles. The summed E-state index contributed by atoms with van der Waals surface area (Å²) in [6.45, 7) is 3.24. The van der Waals surface area contributed by atoms with Crippen molar-refractivity contribution >= 4 is 11.7 Å². The van der Waals surface area contributed by atoms with Gasteiger partial charge in [-0.3, -0.25) is 4.98 Å². The molecule has 0 atom stereocenters. The van der Waals surface area contributed by atoms with Crippen LogP contribution in [0.3, 0.4) is 0 Å². The van der Waals surface area contributed by atoms with Crippen LogP contribution in [0.1, 0.15) is 24.1 Å². The summed E-state index contributed by atoms with van der Waals surface area (Å²) >= 11 is 0. The summed E-state index contributed by atoms with van der Waals surface area (Å²) in [7, 11) is 0. The second-order valence-corrected chi connectivity index (χ2v) is 6.79. The Kier molecular flexibility index (Phi) is 4.78. The molecule has 0 aromatic carbocycles. The number of amides is 2. The maximum Gasteiger partial charge on any atom is 0.322 e. The summed E-state index contributed by atoms with van der Waals surface area (Å²) in [4.78, 5) is 24.7. The van der Waals surface area contributed by atoms with Gasteiger partial charge in [-0.2, -0.15) is 10.2 Å². The van der Waals surface area contributed by atoms with Crippen LogP contribution < -0.4 is 5.32 Å². The Hall–Kier alpha value is -3.29. The summed E-state index contributed by atoms with van der Waals surface area (Å²) in [5.74, 6) is 1.19. The molecule has 8 heteroatoms. The number of rotatable bonds is 6. The molecule has 1 aliphatic rings. The fourth-order valence-corrected chi connectivity index (χ4v) is 2.76. The number of hydrogen-bond acceptors (Lipinski definition) is 5. The molecule has 3 aromatic heterocycles. The molecule has 138 valence electrons. The number of nitrogens with zero attached hydrogens (tertiary/aromatic N) is 6. The highest BCUT2D eigenvalue weighted by Gasteiger charge is 2.27. The van der Waals surface area contributed by atoms with E-state index >= 15 is 0 Å². The molecule has 1 N–H and O–H groups in total. The molecule has 0 saturated heterocycles. The summed E-state index contributed by atoms with van der Waals surface area (Å²) < 4.78 is 0. The Morgan fingerprint density at radius 1 is 1.15 bits per heavy atom. The van der Waals surface area contributed by atoms with Crippen molar-refractivity contribution in [1.82, 2.24) is 29.9 Å². The number of anilines is 1.